The molecule has 1 aromatic carbocycles. The van der Waals surface area contributed by atoms with Gasteiger partial charge < -0.3 is 20.5 Å². The van der Waals surface area contributed by atoms with Gasteiger partial charge >= 0.3 is 0 Å². The van der Waals surface area contributed by atoms with Gasteiger partial charge in [0.1, 0.15) is 11.4 Å². The zero-order valence-electron chi connectivity index (χ0n) is 22.0. The Hall–Kier alpha value is -3.62. The van der Waals surface area contributed by atoms with E-state index in [1.54, 1.807) is 24.3 Å². The van der Waals surface area contributed by atoms with Crippen LogP contribution in [0.4, 0.5) is 0 Å². The first kappa shape index (κ1) is 25.0. The number of hydrogen-bond acceptors (Lipinski definition) is 7. The van der Waals surface area contributed by atoms with E-state index >= 15 is 0 Å². The Kier molecular flexibility index (Phi) is 6.12. The summed E-state index contributed by atoms with van der Waals surface area (Å²) in [4.78, 5) is 37.3. The van der Waals surface area contributed by atoms with Gasteiger partial charge in [0.05, 0.1) is 31.2 Å². The van der Waals surface area contributed by atoms with Gasteiger partial charge in [0.15, 0.2) is 5.96 Å². The lowest BCUT2D eigenvalue weighted by Gasteiger charge is -2.38. The molecule has 2 aromatic rings. The van der Waals surface area contributed by atoms with E-state index in [0.29, 0.717) is 18.7 Å². The van der Waals surface area contributed by atoms with Gasteiger partial charge in [-0.3, -0.25) is 14.5 Å². The number of carbonyl (C=O) groups excluding carboxylic acids is 2. The first-order valence-corrected chi connectivity index (χ1v) is 12.7. The highest BCUT2D eigenvalue weighted by molar-refractivity contribution is 5.99. The largest absolute Gasteiger partial charge is 0.487 e. The fraction of sp³-hybridized carbons (Fsp3) is 0.500. The molecule has 9 nitrogen and oxygen atoms in total. The van der Waals surface area contributed by atoms with Crippen molar-refractivity contribution in [3.63, 3.8) is 0 Å². The molecule has 196 valence electrons. The highest BCUT2D eigenvalue weighted by Gasteiger charge is 2.53. The number of benzene rings is 1. The molecule has 1 saturated carbocycles. The van der Waals surface area contributed by atoms with Crippen molar-refractivity contribution in [2.24, 2.45) is 22.6 Å². The number of para-hydroxylation sites is 1. The van der Waals surface area contributed by atoms with Crippen molar-refractivity contribution in [1.82, 2.24) is 15.2 Å². The number of nitrogens with zero attached hydrogens (tertiary/aromatic N) is 3. The molecule has 37 heavy (non-hydrogen) atoms. The molecule has 2 aliphatic heterocycles. The molecule has 0 spiro atoms. The molecular formula is C28H35N5O4. The number of guanidine groups is 1. The average Bonchev–Trinajstić information content (AvgIpc) is 3.61. The Labute approximate surface area is 217 Å². The topological polar surface area (TPSA) is 119 Å². The molecule has 5 rings (SSSR count). The summed E-state index contributed by atoms with van der Waals surface area (Å²) in [6, 6.07) is 10.9. The summed E-state index contributed by atoms with van der Waals surface area (Å²) in [5.41, 5.74) is 7.17. The molecule has 0 radical (unpaired) electrons. The number of ether oxygens (including phenoxy) is 2. The summed E-state index contributed by atoms with van der Waals surface area (Å²) in [6.45, 7) is 7.83. The molecule has 3 heterocycles. The van der Waals surface area contributed by atoms with Gasteiger partial charge in [0, 0.05) is 30.2 Å². The highest BCUT2D eigenvalue weighted by atomic mass is 16.5. The van der Waals surface area contributed by atoms with Crippen molar-refractivity contribution in [1.29, 1.82) is 0 Å². The minimum absolute atomic E-state index is 0.0331. The summed E-state index contributed by atoms with van der Waals surface area (Å²) in [5, 5.41) is 3.27. The first-order chi connectivity index (χ1) is 17.5. The van der Waals surface area contributed by atoms with E-state index in [2.05, 4.69) is 15.3 Å². The van der Waals surface area contributed by atoms with Crippen LogP contribution in [0, 0.1) is 11.8 Å². The molecule has 0 unspecified atom stereocenters. The molecule has 4 atom stereocenters. The van der Waals surface area contributed by atoms with E-state index in [1.807, 2.05) is 58.0 Å². The third-order valence-corrected chi connectivity index (χ3v) is 7.38. The smallest absolute Gasteiger partial charge is 0.232 e. The first-order valence-electron chi connectivity index (χ1n) is 12.7. The lowest BCUT2D eigenvalue weighted by molar-refractivity contribution is -0.132. The van der Waals surface area contributed by atoms with Crippen LogP contribution in [-0.2, 0) is 9.59 Å². The van der Waals surface area contributed by atoms with Crippen molar-refractivity contribution in [2.45, 2.75) is 70.2 Å². The van der Waals surface area contributed by atoms with Crippen LogP contribution in [0.1, 0.15) is 70.2 Å². The number of fused-ring (bicyclic) bond motifs is 1. The fourth-order valence-electron chi connectivity index (χ4n) is 5.63. The molecule has 0 bridgehead atoms. The van der Waals surface area contributed by atoms with Gasteiger partial charge in [0.25, 0.3) is 0 Å². The number of carbonyl (C=O) groups is 2. The number of hydrogen-bond donors (Lipinski definition) is 2. The number of nitrogens with two attached hydrogens (primary N) is 1. The quantitative estimate of drug-likeness (QED) is 0.620. The molecule has 9 heteroatoms. The van der Waals surface area contributed by atoms with Crippen LogP contribution in [0.3, 0.4) is 0 Å². The maximum atomic E-state index is 13.5. The van der Waals surface area contributed by atoms with Crippen molar-refractivity contribution in [2.75, 3.05) is 7.11 Å². The Morgan fingerprint density at radius 1 is 1.22 bits per heavy atom. The fourth-order valence-corrected chi connectivity index (χ4v) is 5.63. The standard InChI is InChI=1S/C28H35N5O4/c1-27(2)14-23(34)33(26(29)32-27)24(16-10-11-22(36-5)30-15-16)18-12-19(18)25(35)31-20-13-28(3,4)37-21-9-7-6-8-17(20)21/h6-11,15,18-20,24H,12-14H2,1-5H3,(H2,29,32)(H,31,35)/t18-,19-,20+,24-/m1/s1. The molecule has 3 N–H and O–H groups in total. The zero-order valence-corrected chi connectivity index (χ0v) is 22.0. The Balaban J connectivity index is 1.41. The lowest BCUT2D eigenvalue weighted by atomic mass is 9.89. The van der Waals surface area contributed by atoms with E-state index in [0.717, 1.165) is 16.9 Å². The Morgan fingerprint density at radius 3 is 2.65 bits per heavy atom. The van der Waals surface area contributed by atoms with Crippen LogP contribution >= 0.6 is 0 Å². The van der Waals surface area contributed by atoms with Crippen molar-refractivity contribution in [3.8, 4) is 11.6 Å². The molecule has 1 fully saturated rings. The maximum absolute atomic E-state index is 13.5. The third-order valence-electron chi connectivity index (χ3n) is 7.38. The summed E-state index contributed by atoms with van der Waals surface area (Å²) in [7, 11) is 1.55. The zero-order chi connectivity index (χ0) is 26.5. The van der Waals surface area contributed by atoms with Gasteiger partial charge in [0.2, 0.25) is 17.7 Å². The second kappa shape index (κ2) is 9.04. The highest BCUT2D eigenvalue weighted by Crippen LogP contribution is 2.51. The Bertz CT molecular complexity index is 1240. The lowest BCUT2D eigenvalue weighted by Crippen LogP contribution is -2.52. The van der Waals surface area contributed by atoms with Crippen molar-refractivity contribution >= 4 is 17.8 Å². The van der Waals surface area contributed by atoms with Gasteiger partial charge in [-0.05, 0) is 51.7 Å². The number of aliphatic imine (C=N–C) groups is 1. The molecule has 2 amide bonds. The third kappa shape index (κ3) is 4.99. The minimum Gasteiger partial charge on any atom is -0.487 e. The number of rotatable bonds is 6. The predicted molar refractivity (Wildman–Crippen MR) is 139 cm³/mol. The number of amides is 2. The van der Waals surface area contributed by atoms with Crippen molar-refractivity contribution < 1.29 is 19.1 Å². The monoisotopic (exact) mass is 505 g/mol. The van der Waals surface area contributed by atoms with Crippen LogP contribution in [0.2, 0.25) is 0 Å². The van der Waals surface area contributed by atoms with Crippen LogP contribution in [0.15, 0.2) is 47.6 Å². The number of pyridine rings is 1. The van der Waals surface area contributed by atoms with Crippen LogP contribution in [0.5, 0.6) is 11.6 Å². The number of aromatic nitrogens is 1. The second-order valence-electron chi connectivity index (χ2n) is 11.5. The molecular weight excluding hydrogens is 470 g/mol. The van der Waals surface area contributed by atoms with Gasteiger partial charge in [-0.25, -0.2) is 9.98 Å². The number of nitrogens with one attached hydrogen (secondary N) is 1. The van der Waals surface area contributed by atoms with E-state index in [-0.39, 0.29) is 42.1 Å². The van der Waals surface area contributed by atoms with E-state index < -0.39 is 17.2 Å². The van der Waals surface area contributed by atoms with E-state index in [1.165, 1.54) is 0 Å². The van der Waals surface area contributed by atoms with Gasteiger partial charge in [-0.1, -0.05) is 24.3 Å². The normalized spacial score (nSPS) is 26.3. The average molecular weight is 506 g/mol. The molecule has 3 aliphatic rings. The summed E-state index contributed by atoms with van der Waals surface area (Å²) >= 11 is 0. The molecule has 1 aromatic heterocycles. The van der Waals surface area contributed by atoms with Crippen LogP contribution < -0.4 is 20.5 Å². The minimum atomic E-state index is -0.566. The van der Waals surface area contributed by atoms with E-state index in [4.69, 9.17) is 15.2 Å². The van der Waals surface area contributed by atoms with Gasteiger partial charge in [-0.2, -0.15) is 0 Å². The Morgan fingerprint density at radius 2 is 1.97 bits per heavy atom. The van der Waals surface area contributed by atoms with Crippen LogP contribution in [-0.4, -0.2) is 45.9 Å². The molecule has 0 saturated heterocycles. The predicted octanol–water partition coefficient (Wildman–Crippen LogP) is 3.51. The second-order valence-corrected chi connectivity index (χ2v) is 11.5. The van der Waals surface area contributed by atoms with Crippen LogP contribution in [0.25, 0.3) is 0 Å². The summed E-state index contributed by atoms with van der Waals surface area (Å²) in [6.07, 6.45) is 3.23. The van der Waals surface area contributed by atoms with E-state index in [9.17, 15) is 9.59 Å². The summed E-state index contributed by atoms with van der Waals surface area (Å²) < 4.78 is 11.3. The maximum Gasteiger partial charge on any atom is 0.232 e. The summed E-state index contributed by atoms with van der Waals surface area (Å²) in [5.74, 6) is 0.926. The molecule has 1 aliphatic carbocycles. The SMILES string of the molecule is COc1ccc([C@H]([C@@H]2C[C@H]2C(=O)N[C@H]2CC(C)(C)Oc3ccccc32)N2C(=O)CC(C)(C)N=C2N)cn1. The van der Waals surface area contributed by atoms with Gasteiger partial charge in [-0.15, -0.1) is 0 Å². The van der Waals surface area contributed by atoms with Crippen molar-refractivity contribution in [3.05, 3.63) is 53.7 Å². The number of methoxy groups -OCH3 is 1.